The minimum Gasteiger partial charge on any atom is -0.465 e. The van der Waals surface area contributed by atoms with Crippen LogP contribution < -0.4 is 10.6 Å². The van der Waals surface area contributed by atoms with E-state index in [9.17, 15) is 13.2 Å². The fraction of sp³-hybridized carbons (Fsp3) is 0.579. The van der Waals surface area contributed by atoms with E-state index in [4.69, 9.17) is 9.15 Å². The van der Waals surface area contributed by atoms with E-state index in [0.29, 0.717) is 43.7 Å². The first-order valence-corrected chi connectivity index (χ1v) is 10.6. The molecule has 0 aliphatic carbocycles. The molecule has 7 nitrogen and oxygen atoms in total. The molecule has 1 atom stereocenters. The van der Waals surface area contributed by atoms with E-state index < -0.39 is 11.9 Å². The summed E-state index contributed by atoms with van der Waals surface area (Å²) >= 11 is 1.01. The number of nitrogens with zero attached hydrogens (tertiary/aromatic N) is 3. The van der Waals surface area contributed by atoms with Crippen LogP contribution in [-0.2, 0) is 17.3 Å². The summed E-state index contributed by atoms with van der Waals surface area (Å²) in [5.74, 6) is 2.30. The van der Waals surface area contributed by atoms with Crippen LogP contribution in [0.1, 0.15) is 28.3 Å². The maximum Gasteiger partial charge on any atom is 0.434 e. The Kier molecular flexibility index (Phi) is 10.0. The quantitative estimate of drug-likeness (QED) is 0.301. The summed E-state index contributed by atoms with van der Waals surface area (Å²) in [5.41, 5.74) is -0.841. The van der Waals surface area contributed by atoms with Gasteiger partial charge in [-0.3, -0.25) is 9.89 Å². The van der Waals surface area contributed by atoms with E-state index in [-0.39, 0.29) is 30.0 Å². The van der Waals surface area contributed by atoms with Gasteiger partial charge < -0.3 is 19.8 Å². The number of aryl methyl sites for hydroxylation is 1. The van der Waals surface area contributed by atoms with Crippen molar-refractivity contribution in [2.24, 2.45) is 4.99 Å². The van der Waals surface area contributed by atoms with Crippen LogP contribution in [0.25, 0.3) is 0 Å². The van der Waals surface area contributed by atoms with Crippen LogP contribution in [0.4, 0.5) is 13.2 Å². The van der Waals surface area contributed by atoms with Gasteiger partial charge in [-0.15, -0.1) is 35.3 Å². The number of hydrogen-bond acceptors (Lipinski definition) is 6. The summed E-state index contributed by atoms with van der Waals surface area (Å²) in [6.45, 7) is 5.88. The van der Waals surface area contributed by atoms with Crippen molar-refractivity contribution in [1.29, 1.82) is 0 Å². The van der Waals surface area contributed by atoms with E-state index in [1.54, 1.807) is 7.05 Å². The molecule has 31 heavy (non-hydrogen) atoms. The summed E-state index contributed by atoms with van der Waals surface area (Å²) in [7, 11) is 1.65. The second kappa shape index (κ2) is 12.0. The van der Waals surface area contributed by atoms with Gasteiger partial charge in [-0.2, -0.15) is 13.2 Å². The van der Waals surface area contributed by atoms with E-state index in [1.807, 2.05) is 19.1 Å². The number of rotatable bonds is 7. The first kappa shape index (κ1) is 25.9. The fourth-order valence-electron chi connectivity index (χ4n) is 3.19. The Bertz CT molecular complexity index is 837. The van der Waals surface area contributed by atoms with Gasteiger partial charge in [0.15, 0.2) is 11.7 Å². The Balaban J connectivity index is 0.00000341. The molecule has 2 aromatic heterocycles. The average molecular weight is 573 g/mol. The molecule has 12 heteroatoms. The average Bonchev–Trinajstić information content (AvgIpc) is 3.37. The molecule has 1 fully saturated rings. The molecule has 0 spiro atoms. The molecule has 2 N–H and O–H groups in total. The second-order valence-electron chi connectivity index (χ2n) is 6.87. The van der Waals surface area contributed by atoms with Gasteiger partial charge in [0.1, 0.15) is 11.5 Å². The van der Waals surface area contributed by atoms with Gasteiger partial charge >= 0.3 is 6.18 Å². The lowest BCUT2D eigenvalue weighted by molar-refractivity contribution is -0.140. The molecule has 1 aliphatic rings. The van der Waals surface area contributed by atoms with Gasteiger partial charge in [0, 0.05) is 45.0 Å². The Morgan fingerprint density at radius 1 is 1.29 bits per heavy atom. The fourth-order valence-corrected chi connectivity index (χ4v) is 3.99. The van der Waals surface area contributed by atoms with Gasteiger partial charge in [0.2, 0.25) is 0 Å². The third-order valence-electron chi connectivity index (χ3n) is 4.74. The van der Waals surface area contributed by atoms with Crippen LogP contribution >= 0.6 is 35.3 Å². The number of thiazole rings is 1. The second-order valence-corrected chi connectivity index (χ2v) is 7.81. The molecule has 0 radical (unpaired) electrons. The third-order valence-corrected chi connectivity index (χ3v) is 5.64. The van der Waals surface area contributed by atoms with Gasteiger partial charge in [-0.1, -0.05) is 0 Å². The van der Waals surface area contributed by atoms with Crippen molar-refractivity contribution in [3.63, 3.8) is 0 Å². The van der Waals surface area contributed by atoms with Crippen molar-refractivity contribution >= 4 is 41.3 Å². The number of nitrogens with one attached hydrogen (secondary N) is 2. The lowest BCUT2D eigenvalue weighted by Crippen LogP contribution is -2.46. The van der Waals surface area contributed by atoms with Crippen LogP contribution in [-0.4, -0.2) is 62.3 Å². The van der Waals surface area contributed by atoms with Crippen molar-refractivity contribution in [3.8, 4) is 0 Å². The molecule has 2 aromatic rings. The summed E-state index contributed by atoms with van der Waals surface area (Å²) in [6.07, 6.45) is -4.02. The van der Waals surface area contributed by atoms with Crippen LogP contribution in [0.5, 0.6) is 0 Å². The van der Waals surface area contributed by atoms with E-state index in [2.05, 4.69) is 25.5 Å². The summed E-state index contributed by atoms with van der Waals surface area (Å²) in [6, 6.07) is 3.95. The third kappa shape index (κ3) is 7.61. The molecule has 174 valence electrons. The molecule has 1 unspecified atom stereocenters. The molecular weight excluding hydrogens is 546 g/mol. The molecule has 1 saturated heterocycles. The number of ether oxygens (including phenoxy) is 1. The highest BCUT2D eigenvalue weighted by molar-refractivity contribution is 14.0. The molecule has 0 saturated carbocycles. The Morgan fingerprint density at radius 3 is 2.61 bits per heavy atom. The standard InChI is InChI=1S/C19H26F3N5O2S.HI/c1-13-3-4-15(29-13)14(27-7-9-28-10-8-27)11-25-18(23-2)24-6-5-17-26-16(12-30-17)19(20,21)22;/h3-4,12,14H,5-11H2,1-2H3,(H2,23,24,25);1H. The maximum atomic E-state index is 12.7. The summed E-state index contributed by atoms with van der Waals surface area (Å²) in [4.78, 5) is 10.1. The zero-order valence-electron chi connectivity index (χ0n) is 17.4. The molecule has 1 aliphatic heterocycles. The lowest BCUT2D eigenvalue weighted by Gasteiger charge is -2.33. The number of furan rings is 1. The van der Waals surface area contributed by atoms with Crippen LogP contribution in [0.3, 0.4) is 0 Å². The first-order valence-electron chi connectivity index (χ1n) is 9.71. The van der Waals surface area contributed by atoms with Gasteiger partial charge in [0.05, 0.1) is 24.3 Å². The van der Waals surface area contributed by atoms with Crippen molar-refractivity contribution in [3.05, 3.63) is 39.7 Å². The zero-order chi connectivity index (χ0) is 21.6. The molecular formula is C19H27F3IN5O2S. The highest BCUT2D eigenvalue weighted by atomic mass is 127. The van der Waals surface area contributed by atoms with Crippen molar-refractivity contribution in [2.45, 2.75) is 25.6 Å². The summed E-state index contributed by atoms with van der Waals surface area (Å²) < 4.78 is 49.3. The molecule has 0 amide bonds. The normalized spacial score (nSPS) is 16.6. The Morgan fingerprint density at radius 2 is 2.03 bits per heavy atom. The lowest BCUT2D eigenvalue weighted by atomic mass is 10.1. The van der Waals surface area contributed by atoms with Gasteiger partial charge in [-0.05, 0) is 19.1 Å². The number of hydrogen-bond donors (Lipinski definition) is 2. The SMILES string of the molecule is CN=C(NCCc1nc(C(F)(F)F)cs1)NCC(c1ccc(C)o1)N1CCOCC1.I. The highest BCUT2D eigenvalue weighted by Gasteiger charge is 2.33. The predicted octanol–water partition coefficient (Wildman–Crippen LogP) is 3.46. The minimum absolute atomic E-state index is 0. The molecule has 3 rings (SSSR count). The topological polar surface area (TPSA) is 74.9 Å². The maximum absolute atomic E-state index is 12.7. The smallest absolute Gasteiger partial charge is 0.434 e. The molecule has 0 bridgehead atoms. The number of aromatic nitrogens is 1. The first-order chi connectivity index (χ1) is 14.4. The van der Waals surface area contributed by atoms with Crippen LogP contribution in [0.2, 0.25) is 0 Å². The van der Waals surface area contributed by atoms with Gasteiger partial charge in [0.25, 0.3) is 0 Å². The Labute approximate surface area is 200 Å². The van der Waals surface area contributed by atoms with Crippen molar-refractivity contribution in [1.82, 2.24) is 20.5 Å². The van der Waals surface area contributed by atoms with Gasteiger partial charge in [-0.25, -0.2) is 4.98 Å². The zero-order valence-corrected chi connectivity index (χ0v) is 20.5. The number of halogens is 4. The highest BCUT2D eigenvalue weighted by Crippen LogP contribution is 2.30. The molecule has 3 heterocycles. The summed E-state index contributed by atoms with van der Waals surface area (Å²) in [5, 5.41) is 7.90. The largest absolute Gasteiger partial charge is 0.465 e. The number of aliphatic imine (C=N–C) groups is 1. The number of guanidine groups is 1. The minimum atomic E-state index is -4.40. The number of morpholine rings is 1. The van der Waals surface area contributed by atoms with E-state index in [0.717, 1.165) is 41.3 Å². The number of alkyl halides is 3. The molecule has 0 aromatic carbocycles. The van der Waals surface area contributed by atoms with Crippen molar-refractivity contribution < 1.29 is 22.3 Å². The van der Waals surface area contributed by atoms with Crippen LogP contribution in [0.15, 0.2) is 26.9 Å². The predicted molar refractivity (Wildman–Crippen MR) is 124 cm³/mol. The monoisotopic (exact) mass is 573 g/mol. The Hall–Kier alpha value is -1.38. The van der Waals surface area contributed by atoms with Crippen molar-refractivity contribution in [2.75, 3.05) is 46.4 Å². The van der Waals surface area contributed by atoms with E-state index >= 15 is 0 Å². The van der Waals surface area contributed by atoms with E-state index in [1.165, 1.54) is 0 Å². The van der Waals surface area contributed by atoms with Crippen LogP contribution in [0, 0.1) is 6.92 Å².